The highest BCUT2D eigenvalue weighted by molar-refractivity contribution is 5.95. The fourth-order valence-electron chi connectivity index (χ4n) is 2.20. The van der Waals surface area contributed by atoms with Crippen LogP contribution in [0.15, 0.2) is 53.6 Å². The number of amides is 1. The first kappa shape index (κ1) is 23.8. The molecule has 0 fully saturated rings. The van der Waals surface area contributed by atoms with E-state index >= 15 is 0 Å². The van der Waals surface area contributed by atoms with E-state index in [1.54, 1.807) is 24.3 Å². The third kappa shape index (κ3) is 7.70. The van der Waals surface area contributed by atoms with E-state index in [1.807, 2.05) is 0 Å². The van der Waals surface area contributed by atoms with E-state index in [0.717, 1.165) is 0 Å². The summed E-state index contributed by atoms with van der Waals surface area (Å²) in [5, 5.41) is 12.5. The SMILES string of the molecule is O=C(O)COc1ccccc1/C=N/NC(=O)c1ccc(COCC(F)(F)C(F)F)cc1. The third-order valence-electron chi connectivity index (χ3n) is 3.74. The van der Waals surface area contributed by atoms with E-state index in [1.165, 1.54) is 30.5 Å². The smallest absolute Gasteiger partial charge is 0.341 e. The van der Waals surface area contributed by atoms with Crippen LogP contribution in [0.3, 0.4) is 0 Å². The van der Waals surface area contributed by atoms with E-state index < -0.39 is 37.4 Å². The molecule has 0 atom stereocenters. The number of halogens is 4. The normalized spacial score (nSPS) is 11.6. The lowest BCUT2D eigenvalue weighted by molar-refractivity contribution is -0.168. The summed E-state index contributed by atoms with van der Waals surface area (Å²) in [6.45, 7) is -2.28. The van der Waals surface area contributed by atoms with Gasteiger partial charge in [-0.25, -0.2) is 19.0 Å². The van der Waals surface area contributed by atoms with Crippen molar-refractivity contribution in [1.82, 2.24) is 5.43 Å². The Labute approximate surface area is 174 Å². The molecule has 31 heavy (non-hydrogen) atoms. The zero-order valence-electron chi connectivity index (χ0n) is 15.9. The molecule has 166 valence electrons. The van der Waals surface area contributed by atoms with Gasteiger partial charge in [0.15, 0.2) is 6.61 Å². The van der Waals surface area contributed by atoms with Crippen LogP contribution in [0.25, 0.3) is 0 Å². The molecule has 2 aromatic rings. The third-order valence-corrected chi connectivity index (χ3v) is 3.74. The van der Waals surface area contributed by atoms with Gasteiger partial charge in [-0.05, 0) is 29.8 Å². The molecule has 2 rings (SSSR count). The molecule has 0 radical (unpaired) electrons. The van der Waals surface area contributed by atoms with Gasteiger partial charge in [0.05, 0.1) is 12.8 Å². The van der Waals surface area contributed by atoms with Crippen LogP contribution in [0.2, 0.25) is 0 Å². The lowest BCUT2D eigenvalue weighted by Gasteiger charge is -2.15. The molecule has 0 spiro atoms. The molecule has 0 saturated heterocycles. The second kappa shape index (κ2) is 11.1. The summed E-state index contributed by atoms with van der Waals surface area (Å²) in [5.74, 6) is -5.67. The number of carboxylic acid groups (broad SMARTS) is 1. The molecule has 2 N–H and O–H groups in total. The first-order chi connectivity index (χ1) is 14.7. The summed E-state index contributed by atoms with van der Waals surface area (Å²) in [7, 11) is 0. The van der Waals surface area contributed by atoms with Gasteiger partial charge in [-0.1, -0.05) is 24.3 Å². The summed E-state index contributed by atoms with van der Waals surface area (Å²) in [6, 6.07) is 12.1. The Hall–Kier alpha value is -3.47. The van der Waals surface area contributed by atoms with Crippen molar-refractivity contribution in [2.75, 3.05) is 13.2 Å². The number of alkyl halides is 4. The van der Waals surface area contributed by atoms with Crippen LogP contribution in [0.1, 0.15) is 21.5 Å². The van der Waals surface area contributed by atoms with Crippen molar-refractivity contribution < 1.29 is 41.7 Å². The van der Waals surface area contributed by atoms with Gasteiger partial charge in [-0.15, -0.1) is 0 Å². The monoisotopic (exact) mass is 442 g/mol. The van der Waals surface area contributed by atoms with Gasteiger partial charge in [0, 0.05) is 11.1 Å². The number of hydrazone groups is 1. The molecule has 0 aromatic heterocycles. The lowest BCUT2D eigenvalue weighted by atomic mass is 10.1. The molecular formula is C20H18F4N2O5. The highest BCUT2D eigenvalue weighted by Crippen LogP contribution is 2.23. The van der Waals surface area contributed by atoms with Gasteiger partial charge >= 0.3 is 18.3 Å². The van der Waals surface area contributed by atoms with E-state index in [9.17, 15) is 27.2 Å². The molecule has 11 heteroatoms. The first-order valence-corrected chi connectivity index (χ1v) is 8.78. The highest BCUT2D eigenvalue weighted by atomic mass is 19.3. The fraction of sp³-hybridized carbons (Fsp3) is 0.250. The number of nitrogens with zero attached hydrogens (tertiary/aromatic N) is 1. The molecule has 2 aromatic carbocycles. The van der Waals surface area contributed by atoms with E-state index in [4.69, 9.17) is 9.84 Å². The van der Waals surface area contributed by atoms with Gasteiger partial charge in [-0.3, -0.25) is 4.79 Å². The molecule has 1 amide bonds. The molecule has 0 bridgehead atoms. The van der Waals surface area contributed by atoms with Crippen molar-refractivity contribution in [1.29, 1.82) is 0 Å². The Kier molecular flexibility index (Phi) is 8.50. The lowest BCUT2D eigenvalue weighted by Crippen LogP contribution is -2.32. The Morgan fingerprint density at radius 1 is 1.13 bits per heavy atom. The number of hydrogen-bond acceptors (Lipinski definition) is 5. The van der Waals surface area contributed by atoms with Crippen molar-refractivity contribution in [3.8, 4) is 5.75 Å². The topological polar surface area (TPSA) is 97.2 Å². The highest BCUT2D eigenvalue weighted by Gasteiger charge is 2.40. The maximum absolute atomic E-state index is 12.8. The minimum absolute atomic E-state index is 0.203. The van der Waals surface area contributed by atoms with Crippen LogP contribution in [-0.4, -0.2) is 48.8 Å². The maximum atomic E-state index is 12.8. The molecule has 0 saturated carbocycles. The van der Waals surface area contributed by atoms with Crippen LogP contribution in [0.5, 0.6) is 5.75 Å². The Morgan fingerprint density at radius 3 is 2.45 bits per heavy atom. The van der Waals surface area contributed by atoms with Gasteiger partial charge in [0.2, 0.25) is 0 Å². The number of hydrogen-bond donors (Lipinski definition) is 2. The summed E-state index contributed by atoms with van der Waals surface area (Å²) in [4.78, 5) is 22.7. The van der Waals surface area contributed by atoms with Gasteiger partial charge < -0.3 is 14.6 Å². The average molecular weight is 442 g/mol. The largest absolute Gasteiger partial charge is 0.481 e. The number of rotatable bonds is 11. The molecule has 7 nitrogen and oxygen atoms in total. The van der Waals surface area contributed by atoms with Crippen LogP contribution < -0.4 is 10.2 Å². The summed E-state index contributed by atoms with van der Waals surface area (Å²) < 4.78 is 59.4. The first-order valence-electron chi connectivity index (χ1n) is 8.78. The van der Waals surface area contributed by atoms with E-state index in [-0.39, 0.29) is 17.9 Å². The zero-order valence-corrected chi connectivity index (χ0v) is 15.9. The van der Waals surface area contributed by atoms with Crippen molar-refractivity contribution >= 4 is 18.1 Å². The maximum Gasteiger partial charge on any atom is 0.341 e. The van der Waals surface area contributed by atoms with Crippen molar-refractivity contribution in [3.63, 3.8) is 0 Å². The number of ether oxygens (including phenoxy) is 2. The fourth-order valence-corrected chi connectivity index (χ4v) is 2.20. The predicted molar refractivity (Wildman–Crippen MR) is 102 cm³/mol. The van der Waals surface area contributed by atoms with Crippen LogP contribution in [0.4, 0.5) is 17.6 Å². The molecule has 0 aliphatic carbocycles. The van der Waals surface area contributed by atoms with Gasteiger partial charge in [0.1, 0.15) is 12.4 Å². The number of para-hydroxylation sites is 1. The Morgan fingerprint density at radius 2 is 1.81 bits per heavy atom. The van der Waals surface area contributed by atoms with Crippen molar-refractivity contribution in [2.45, 2.75) is 19.0 Å². The molecule has 0 heterocycles. The Balaban J connectivity index is 1.88. The molecular weight excluding hydrogens is 424 g/mol. The van der Waals surface area contributed by atoms with Crippen LogP contribution >= 0.6 is 0 Å². The van der Waals surface area contributed by atoms with Crippen LogP contribution in [-0.2, 0) is 16.1 Å². The zero-order chi connectivity index (χ0) is 22.9. The standard InChI is InChI=1S/C20H18F4N2O5/c21-19(22)20(23,24)12-30-10-13-5-7-14(8-6-13)18(29)26-25-9-15-3-1-2-4-16(15)31-11-17(27)28/h1-9,19H,10-12H2,(H,26,29)(H,27,28)/b25-9+. The number of aliphatic carboxylic acids is 1. The second-order valence-corrected chi connectivity index (χ2v) is 6.17. The van der Waals surface area contributed by atoms with Crippen LogP contribution in [0, 0.1) is 0 Å². The number of nitrogens with one attached hydrogen (secondary N) is 1. The van der Waals surface area contributed by atoms with Crippen molar-refractivity contribution in [3.05, 3.63) is 65.2 Å². The summed E-state index contributed by atoms with van der Waals surface area (Å²) in [6.07, 6.45) is -2.53. The minimum atomic E-state index is -4.23. The summed E-state index contributed by atoms with van der Waals surface area (Å²) >= 11 is 0. The molecule has 0 aliphatic heterocycles. The van der Waals surface area contributed by atoms with Gasteiger partial charge in [-0.2, -0.15) is 13.9 Å². The second-order valence-electron chi connectivity index (χ2n) is 6.17. The number of carboxylic acids is 1. The van der Waals surface area contributed by atoms with Crippen molar-refractivity contribution in [2.24, 2.45) is 5.10 Å². The number of benzene rings is 2. The predicted octanol–water partition coefficient (Wildman–Crippen LogP) is 3.33. The quantitative estimate of drug-likeness (QED) is 0.316. The molecule has 0 unspecified atom stereocenters. The number of carbonyl (C=O) groups is 2. The summed E-state index contributed by atoms with van der Waals surface area (Å²) in [5.41, 5.74) is 3.34. The van der Waals surface area contributed by atoms with E-state index in [0.29, 0.717) is 11.1 Å². The average Bonchev–Trinajstić information content (AvgIpc) is 2.73. The van der Waals surface area contributed by atoms with E-state index in [2.05, 4.69) is 15.3 Å². The number of carbonyl (C=O) groups excluding carboxylic acids is 1. The molecule has 0 aliphatic rings. The minimum Gasteiger partial charge on any atom is -0.481 e. The van der Waals surface area contributed by atoms with Gasteiger partial charge in [0.25, 0.3) is 5.91 Å². The Bertz CT molecular complexity index is 920.